The fourth-order valence-electron chi connectivity index (χ4n) is 1.89. The number of benzene rings is 1. The highest BCUT2D eigenvalue weighted by atomic mass is 35.5. The second-order valence-corrected chi connectivity index (χ2v) is 4.64. The van der Waals surface area contributed by atoms with Crippen molar-refractivity contribution >= 4 is 11.6 Å². The first-order valence-electron chi connectivity index (χ1n) is 6.10. The molecule has 1 unspecified atom stereocenters. The summed E-state index contributed by atoms with van der Waals surface area (Å²) in [6.45, 7) is 2.18. The van der Waals surface area contributed by atoms with Crippen molar-refractivity contribution in [3.8, 4) is 0 Å². The Bertz CT molecular complexity index is 344. The zero-order valence-electron chi connectivity index (χ0n) is 10.2. The van der Waals surface area contributed by atoms with Gasteiger partial charge in [0.25, 0.3) is 0 Å². The minimum Gasteiger partial charge on any atom is -0.271 e. The van der Waals surface area contributed by atoms with Crippen molar-refractivity contribution < 1.29 is 4.39 Å². The van der Waals surface area contributed by atoms with Gasteiger partial charge in [-0.3, -0.25) is 11.3 Å². The maximum Gasteiger partial charge on any atom is 0.124 e. The van der Waals surface area contributed by atoms with Crippen molar-refractivity contribution in [1.29, 1.82) is 0 Å². The van der Waals surface area contributed by atoms with Gasteiger partial charge in [0, 0.05) is 11.1 Å². The van der Waals surface area contributed by atoms with Crippen LogP contribution in [0.2, 0.25) is 5.02 Å². The lowest BCUT2D eigenvalue weighted by Crippen LogP contribution is -2.28. The second kappa shape index (κ2) is 7.64. The Labute approximate surface area is 107 Å². The minimum atomic E-state index is -0.319. The van der Waals surface area contributed by atoms with Gasteiger partial charge in [0.15, 0.2) is 0 Å². The van der Waals surface area contributed by atoms with E-state index in [0.717, 1.165) is 18.4 Å². The quantitative estimate of drug-likeness (QED) is 0.441. The van der Waals surface area contributed by atoms with E-state index in [-0.39, 0.29) is 11.9 Å². The minimum absolute atomic E-state index is 0.0000406. The largest absolute Gasteiger partial charge is 0.271 e. The highest BCUT2D eigenvalue weighted by molar-refractivity contribution is 6.31. The van der Waals surface area contributed by atoms with Crippen LogP contribution in [-0.4, -0.2) is 0 Å². The first-order chi connectivity index (χ1) is 8.19. The molecule has 1 aromatic carbocycles. The van der Waals surface area contributed by atoms with Gasteiger partial charge in [0.1, 0.15) is 5.82 Å². The van der Waals surface area contributed by atoms with Gasteiger partial charge in [0.05, 0.1) is 0 Å². The van der Waals surface area contributed by atoms with E-state index in [4.69, 9.17) is 17.4 Å². The lowest BCUT2D eigenvalue weighted by molar-refractivity contribution is 0.481. The van der Waals surface area contributed by atoms with Gasteiger partial charge in [0.2, 0.25) is 0 Å². The number of rotatable bonds is 7. The smallest absolute Gasteiger partial charge is 0.124 e. The summed E-state index contributed by atoms with van der Waals surface area (Å²) in [4.78, 5) is 0. The van der Waals surface area contributed by atoms with Crippen LogP contribution in [0, 0.1) is 5.82 Å². The first kappa shape index (κ1) is 14.4. The van der Waals surface area contributed by atoms with E-state index < -0.39 is 0 Å². The molecule has 0 saturated carbocycles. The van der Waals surface area contributed by atoms with Crippen LogP contribution in [0.4, 0.5) is 4.39 Å². The zero-order chi connectivity index (χ0) is 12.7. The Hall–Kier alpha value is -0.640. The average Bonchev–Trinajstić information content (AvgIpc) is 2.31. The molecule has 0 fully saturated rings. The van der Waals surface area contributed by atoms with Crippen molar-refractivity contribution in [3.05, 3.63) is 34.6 Å². The highest BCUT2D eigenvalue weighted by Crippen LogP contribution is 2.27. The Morgan fingerprint density at radius 1 is 1.35 bits per heavy atom. The van der Waals surface area contributed by atoms with Crippen molar-refractivity contribution in [2.24, 2.45) is 5.84 Å². The van der Waals surface area contributed by atoms with Crippen LogP contribution >= 0.6 is 11.6 Å². The highest BCUT2D eigenvalue weighted by Gasteiger charge is 2.13. The van der Waals surface area contributed by atoms with Crippen LogP contribution < -0.4 is 11.3 Å². The van der Waals surface area contributed by atoms with Gasteiger partial charge >= 0.3 is 0 Å². The van der Waals surface area contributed by atoms with Gasteiger partial charge < -0.3 is 0 Å². The van der Waals surface area contributed by atoms with Crippen molar-refractivity contribution in [2.75, 3.05) is 0 Å². The molecule has 0 saturated heterocycles. The fraction of sp³-hybridized carbons (Fsp3) is 0.538. The number of nitrogens with one attached hydrogen (secondary N) is 1. The van der Waals surface area contributed by atoms with E-state index in [1.807, 2.05) is 0 Å². The third-order valence-corrected chi connectivity index (χ3v) is 3.21. The van der Waals surface area contributed by atoms with Crippen LogP contribution in [-0.2, 0) is 0 Å². The molecule has 1 rings (SSSR count). The first-order valence-corrected chi connectivity index (χ1v) is 6.48. The average molecular weight is 259 g/mol. The SMILES string of the molecule is CCCCCCC(NN)c1ccc(F)cc1Cl. The molecule has 0 aliphatic heterocycles. The van der Waals surface area contributed by atoms with Gasteiger partial charge in [-0.15, -0.1) is 0 Å². The topological polar surface area (TPSA) is 38.0 Å². The van der Waals surface area contributed by atoms with E-state index in [1.165, 1.54) is 31.4 Å². The van der Waals surface area contributed by atoms with Crippen molar-refractivity contribution in [1.82, 2.24) is 5.43 Å². The number of hydrogen-bond acceptors (Lipinski definition) is 2. The molecule has 0 aliphatic carbocycles. The van der Waals surface area contributed by atoms with E-state index in [0.29, 0.717) is 5.02 Å². The summed E-state index contributed by atoms with van der Waals surface area (Å²) in [5.41, 5.74) is 3.62. The molecule has 2 nitrogen and oxygen atoms in total. The molecular weight excluding hydrogens is 239 g/mol. The normalized spacial score (nSPS) is 12.7. The molecule has 0 spiro atoms. The maximum absolute atomic E-state index is 12.9. The van der Waals surface area contributed by atoms with Crippen LogP contribution in [0.5, 0.6) is 0 Å². The van der Waals surface area contributed by atoms with E-state index >= 15 is 0 Å². The summed E-state index contributed by atoms with van der Waals surface area (Å²) < 4.78 is 12.9. The summed E-state index contributed by atoms with van der Waals surface area (Å²) >= 11 is 6.01. The molecule has 0 amide bonds. The molecule has 4 heteroatoms. The summed E-state index contributed by atoms with van der Waals surface area (Å²) in [5.74, 6) is 5.21. The van der Waals surface area contributed by atoms with Crippen LogP contribution in [0.1, 0.15) is 50.6 Å². The van der Waals surface area contributed by atoms with Crippen molar-refractivity contribution in [2.45, 2.75) is 45.1 Å². The third kappa shape index (κ3) is 4.62. The molecule has 0 radical (unpaired) electrons. The summed E-state index contributed by atoms with van der Waals surface area (Å²) in [5, 5.41) is 0.434. The Kier molecular flexibility index (Phi) is 6.48. The second-order valence-electron chi connectivity index (χ2n) is 4.23. The van der Waals surface area contributed by atoms with E-state index in [9.17, 15) is 4.39 Å². The van der Waals surface area contributed by atoms with Gasteiger partial charge in [-0.05, 0) is 24.1 Å². The molecule has 0 aliphatic rings. The van der Waals surface area contributed by atoms with Crippen LogP contribution in [0.25, 0.3) is 0 Å². The van der Waals surface area contributed by atoms with Crippen LogP contribution in [0.15, 0.2) is 18.2 Å². The summed E-state index contributed by atoms with van der Waals surface area (Å²) in [7, 11) is 0. The Morgan fingerprint density at radius 3 is 2.71 bits per heavy atom. The lowest BCUT2D eigenvalue weighted by atomic mass is 10.0. The van der Waals surface area contributed by atoms with Crippen molar-refractivity contribution in [3.63, 3.8) is 0 Å². The number of hydrogen-bond donors (Lipinski definition) is 2. The standard InChI is InChI=1S/C13H20ClFN2/c1-2-3-4-5-6-13(17-16)11-8-7-10(15)9-12(11)14/h7-9,13,17H,2-6,16H2,1H3. The monoisotopic (exact) mass is 258 g/mol. The van der Waals surface area contributed by atoms with Crippen LogP contribution in [0.3, 0.4) is 0 Å². The fourth-order valence-corrected chi connectivity index (χ4v) is 2.19. The zero-order valence-corrected chi connectivity index (χ0v) is 10.9. The molecular formula is C13H20ClFN2. The summed E-state index contributed by atoms with van der Waals surface area (Å²) in [6, 6.07) is 4.44. The van der Waals surface area contributed by atoms with Gasteiger partial charge in [-0.25, -0.2) is 4.39 Å². The number of unbranched alkanes of at least 4 members (excludes halogenated alkanes) is 3. The van der Waals surface area contributed by atoms with Gasteiger partial charge in [-0.2, -0.15) is 0 Å². The molecule has 0 aromatic heterocycles. The lowest BCUT2D eigenvalue weighted by Gasteiger charge is -2.17. The predicted molar refractivity (Wildman–Crippen MR) is 70.2 cm³/mol. The molecule has 0 heterocycles. The molecule has 1 aromatic rings. The number of hydrazine groups is 1. The molecule has 1 atom stereocenters. The Balaban J connectivity index is 2.59. The molecule has 0 bridgehead atoms. The van der Waals surface area contributed by atoms with E-state index in [1.54, 1.807) is 6.07 Å². The maximum atomic E-state index is 12.9. The number of nitrogens with two attached hydrogens (primary N) is 1. The molecule has 96 valence electrons. The van der Waals surface area contributed by atoms with E-state index in [2.05, 4.69) is 12.3 Å². The van der Waals surface area contributed by atoms with Gasteiger partial charge in [-0.1, -0.05) is 50.3 Å². The molecule has 3 N–H and O–H groups in total. The Morgan fingerprint density at radius 2 is 2.12 bits per heavy atom. The predicted octanol–water partition coefficient (Wildman–Crippen LogP) is 3.95. The summed E-state index contributed by atoms with van der Waals surface area (Å²) in [6.07, 6.45) is 5.64. The number of halogens is 2. The third-order valence-electron chi connectivity index (χ3n) is 2.89. The molecule has 17 heavy (non-hydrogen) atoms.